The first kappa shape index (κ1) is 14.9. The molecule has 0 aliphatic carbocycles. The van der Waals surface area contributed by atoms with Gasteiger partial charge in [-0.25, -0.2) is 0 Å². The van der Waals surface area contributed by atoms with E-state index in [2.05, 4.69) is 16.1 Å². The zero-order valence-electron chi connectivity index (χ0n) is 11.6. The topological polar surface area (TPSA) is 55.3 Å². The van der Waals surface area contributed by atoms with Crippen molar-refractivity contribution in [2.75, 3.05) is 12.3 Å². The molecule has 1 fully saturated rings. The molecule has 1 aromatic heterocycles. The minimum atomic E-state index is 0. The molecule has 2 heterocycles. The summed E-state index contributed by atoms with van der Waals surface area (Å²) in [6, 6.07) is 10.5. The van der Waals surface area contributed by atoms with Crippen molar-refractivity contribution in [1.29, 1.82) is 0 Å². The van der Waals surface area contributed by atoms with Crippen LogP contribution in [0.2, 0.25) is 0 Å². The lowest BCUT2D eigenvalue weighted by Gasteiger charge is -2.22. The molecule has 2 N–H and O–H groups in total. The third-order valence-electron chi connectivity index (χ3n) is 3.67. The fraction of sp³-hybridized carbons (Fsp3) is 0.400. The number of hydrogen-bond donors (Lipinski definition) is 1. The number of anilines is 1. The Hall–Kier alpha value is -1.52. The second kappa shape index (κ2) is 6.29. The highest BCUT2D eigenvalue weighted by Crippen LogP contribution is 2.33. The number of halogens is 1. The maximum absolute atomic E-state index is 5.83. The van der Waals surface area contributed by atoms with Crippen molar-refractivity contribution in [2.24, 2.45) is 0 Å². The fourth-order valence-electron chi connectivity index (χ4n) is 2.80. The zero-order chi connectivity index (χ0) is 13.2. The minimum absolute atomic E-state index is 0. The van der Waals surface area contributed by atoms with Crippen molar-refractivity contribution in [3.05, 3.63) is 47.3 Å². The van der Waals surface area contributed by atoms with Crippen LogP contribution in [0.5, 0.6) is 0 Å². The van der Waals surface area contributed by atoms with Gasteiger partial charge in [-0.2, -0.15) is 0 Å². The van der Waals surface area contributed by atoms with Gasteiger partial charge in [0, 0.05) is 18.3 Å². The Morgan fingerprint density at radius 3 is 2.95 bits per heavy atom. The smallest absolute Gasteiger partial charge is 0.154 e. The standard InChI is InChI=1S/C15H19N3O.ClH/c1-11-8-15(19-17-11)14-6-3-7-18(14)10-12-4-2-5-13(16)9-12;/h2,4-5,8-9,14H,3,6-7,10,16H2,1H3;1H. The van der Waals surface area contributed by atoms with Crippen molar-refractivity contribution in [3.8, 4) is 0 Å². The molecule has 0 spiro atoms. The minimum Gasteiger partial charge on any atom is -0.399 e. The first-order valence-electron chi connectivity index (χ1n) is 6.74. The highest BCUT2D eigenvalue weighted by atomic mass is 35.5. The molecule has 1 atom stereocenters. The van der Waals surface area contributed by atoms with Crippen molar-refractivity contribution >= 4 is 18.1 Å². The van der Waals surface area contributed by atoms with Crippen LogP contribution in [0.25, 0.3) is 0 Å². The number of hydrogen-bond acceptors (Lipinski definition) is 4. The lowest BCUT2D eigenvalue weighted by Crippen LogP contribution is -2.22. The molecule has 108 valence electrons. The lowest BCUT2D eigenvalue weighted by molar-refractivity contribution is 0.206. The van der Waals surface area contributed by atoms with Crippen LogP contribution in [-0.4, -0.2) is 16.6 Å². The van der Waals surface area contributed by atoms with Crippen LogP contribution < -0.4 is 5.73 Å². The van der Waals surface area contributed by atoms with Gasteiger partial charge in [0.15, 0.2) is 5.76 Å². The van der Waals surface area contributed by atoms with Crippen LogP contribution in [0.4, 0.5) is 5.69 Å². The van der Waals surface area contributed by atoms with E-state index in [1.165, 1.54) is 12.0 Å². The number of aryl methyl sites for hydroxylation is 1. The van der Waals surface area contributed by atoms with Crippen LogP contribution >= 0.6 is 12.4 Å². The number of nitrogens with two attached hydrogens (primary N) is 1. The van der Waals surface area contributed by atoms with Crippen LogP contribution in [0.3, 0.4) is 0 Å². The highest BCUT2D eigenvalue weighted by Gasteiger charge is 2.28. The summed E-state index contributed by atoms with van der Waals surface area (Å²) in [7, 11) is 0. The van der Waals surface area contributed by atoms with E-state index < -0.39 is 0 Å². The van der Waals surface area contributed by atoms with E-state index in [0.29, 0.717) is 6.04 Å². The van der Waals surface area contributed by atoms with Crippen LogP contribution in [0.15, 0.2) is 34.9 Å². The van der Waals surface area contributed by atoms with Crippen LogP contribution in [0, 0.1) is 6.92 Å². The Bertz CT molecular complexity index is 570. The van der Waals surface area contributed by atoms with Crippen molar-refractivity contribution < 1.29 is 4.52 Å². The normalized spacial score (nSPS) is 18.9. The first-order valence-corrected chi connectivity index (χ1v) is 6.74. The molecule has 1 aliphatic heterocycles. The molecule has 3 rings (SSSR count). The van der Waals surface area contributed by atoms with Gasteiger partial charge in [-0.1, -0.05) is 17.3 Å². The van der Waals surface area contributed by atoms with Gasteiger partial charge < -0.3 is 10.3 Å². The number of rotatable bonds is 3. The molecule has 1 saturated heterocycles. The van der Waals surface area contributed by atoms with Gasteiger partial charge in [0.25, 0.3) is 0 Å². The Kier molecular flexibility index (Phi) is 4.68. The molecular weight excluding hydrogens is 274 g/mol. The average molecular weight is 294 g/mol. The van der Waals surface area contributed by atoms with Crippen molar-refractivity contribution in [2.45, 2.75) is 32.4 Å². The summed E-state index contributed by atoms with van der Waals surface area (Å²) in [5.41, 5.74) is 8.86. The number of nitrogen functional groups attached to an aromatic ring is 1. The second-order valence-corrected chi connectivity index (χ2v) is 5.24. The Balaban J connectivity index is 0.00000147. The fourth-order valence-corrected chi connectivity index (χ4v) is 2.80. The third kappa shape index (κ3) is 3.14. The van der Waals surface area contributed by atoms with Gasteiger partial charge in [0.1, 0.15) is 0 Å². The maximum Gasteiger partial charge on any atom is 0.154 e. The second-order valence-electron chi connectivity index (χ2n) is 5.24. The molecule has 2 aromatic rings. The van der Waals surface area contributed by atoms with E-state index in [-0.39, 0.29) is 12.4 Å². The molecule has 1 unspecified atom stereocenters. The summed E-state index contributed by atoms with van der Waals surface area (Å²) in [5.74, 6) is 0.985. The van der Waals surface area contributed by atoms with Gasteiger partial charge in [0.2, 0.25) is 0 Å². The predicted octanol–water partition coefficient (Wildman–Crippen LogP) is 3.32. The van der Waals surface area contributed by atoms with Gasteiger partial charge >= 0.3 is 0 Å². The largest absolute Gasteiger partial charge is 0.399 e. The quantitative estimate of drug-likeness (QED) is 0.882. The van der Waals surface area contributed by atoms with Crippen molar-refractivity contribution in [1.82, 2.24) is 10.1 Å². The molecular formula is C15H20ClN3O. The first-order chi connectivity index (χ1) is 9.22. The maximum atomic E-state index is 5.83. The number of nitrogens with zero attached hydrogens (tertiary/aromatic N) is 2. The van der Waals surface area contributed by atoms with Crippen LogP contribution in [-0.2, 0) is 6.54 Å². The molecule has 0 amide bonds. The Labute approximate surface area is 125 Å². The number of aromatic nitrogens is 1. The van der Waals surface area contributed by atoms with Gasteiger partial charge in [-0.15, -0.1) is 12.4 Å². The Morgan fingerprint density at radius 2 is 2.25 bits per heavy atom. The molecule has 0 radical (unpaired) electrons. The molecule has 4 nitrogen and oxygen atoms in total. The van der Waals surface area contributed by atoms with Crippen LogP contribution in [0.1, 0.15) is 35.9 Å². The van der Waals surface area contributed by atoms with E-state index in [4.69, 9.17) is 10.3 Å². The predicted molar refractivity (Wildman–Crippen MR) is 81.7 cm³/mol. The van der Waals surface area contributed by atoms with Gasteiger partial charge in [0.05, 0.1) is 11.7 Å². The average Bonchev–Trinajstić information content (AvgIpc) is 2.98. The highest BCUT2D eigenvalue weighted by molar-refractivity contribution is 5.85. The van der Waals surface area contributed by atoms with E-state index in [1.807, 2.05) is 31.2 Å². The van der Waals surface area contributed by atoms with E-state index >= 15 is 0 Å². The molecule has 20 heavy (non-hydrogen) atoms. The van der Waals surface area contributed by atoms with Gasteiger partial charge in [-0.05, 0) is 44.0 Å². The van der Waals surface area contributed by atoms with Crippen molar-refractivity contribution in [3.63, 3.8) is 0 Å². The molecule has 0 saturated carbocycles. The Morgan fingerprint density at radius 1 is 1.40 bits per heavy atom. The summed E-state index contributed by atoms with van der Waals surface area (Å²) in [5, 5.41) is 4.00. The van der Waals surface area contributed by atoms with E-state index in [9.17, 15) is 0 Å². The zero-order valence-corrected chi connectivity index (χ0v) is 12.4. The molecule has 0 bridgehead atoms. The van der Waals surface area contributed by atoms with E-state index in [1.54, 1.807) is 0 Å². The summed E-state index contributed by atoms with van der Waals surface area (Å²) >= 11 is 0. The summed E-state index contributed by atoms with van der Waals surface area (Å²) in [4.78, 5) is 2.44. The third-order valence-corrected chi connectivity index (χ3v) is 3.67. The lowest BCUT2D eigenvalue weighted by atomic mass is 10.1. The summed E-state index contributed by atoms with van der Waals surface area (Å²) in [6.07, 6.45) is 2.34. The summed E-state index contributed by atoms with van der Waals surface area (Å²) < 4.78 is 5.42. The molecule has 5 heteroatoms. The van der Waals surface area contributed by atoms with Gasteiger partial charge in [-0.3, -0.25) is 4.90 Å². The number of benzene rings is 1. The molecule has 1 aromatic carbocycles. The SMILES string of the molecule is Cc1cc(C2CCCN2Cc2cccc(N)c2)on1.Cl. The summed E-state index contributed by atoms with van der Waals surface area (Å²) in [6.45, 7) is 3.97. The monoisotopic (exact) mass is 293 g/mol. The molecule has 1 aliphatic rings. The number of likely N-dealkylation sites (tertiary alicyclic amines) is 1. The van der Waals surface area contributed by atoms with E-state index in [0.717, 1.165) is 36.7 Å².